The van der Waals surface area contributed by atoms with Gasteiger partial charge in [0.05, 0.1) is 10.7 Å². The molecule has 0 aliphatic carbocycles. The molecule has 0 radical (unpaired) electrons. The van der Waals surface area contributed by atoms with Crippen LogP contribution in [-0.4, -0.2) is 11.5 Å². The maximum Gasteiger partial charge on any atom is 0.0900 e. The largest absolute Gasteiger partial charge is 0.330 e. The summed E-state index contributed by atoms with van der Waals surface area (Å²) in [5.74, 6) is 0. The van der Waals surface area contributed by atoms with Gasteiger partial charge in [-0.25, -0.2) is 4.98 Å². The van der Waals surface area contributed by atoms with Crippen molar-refractivity contribution in [3.8, 4) is 0 Å². The predicted octanol–water partition coefficient (Wildman–Crippen LogP) is 2.00. The van der Waals surface area contributed by atoms with Crippen molar-refractivity contribution in [2.24, 2.45) is 5.73 Å². The molecule has 0 saturated carbocycles. The van der Waals surface area contributed by atoms with E-state index in [1.54, 1.807) is 11.3 Å². The fourth-order valence-corrected chi connectivity index (χ4v) is 2.28. The van der Waals surface area contributed by atoms with Gasteiger partial charge in [0, 0.05) is 16.8 Å². The average Bonchev–Trinajstić information content (AvgIpc) is 2.31. The minimum Gasteiger partial charge on any atom is -0.330 e. The van der Waals surface area contributed by atoms with E-state index in [1.165, 1.54) is 4.88 Å². The lowest BCUT2D eigenvalue weighted by Gasteiger charge is -2.20. The van der Waals surface area contributed by atoms with Gasteiger partial charge in [0.2, 0.25) is 0 Å². The monoisotopic (exact) mass is 184 g/mol. The number of hydrogen-bond donors (Lipinski definition) is 1. The van der Waals surface area contributed by atoms with E-state index in [-0.39, 0.29) is 5.41 Å². The Kier molecular flexibility index (Phi) is 2.54. The summed E-state index contributed by atoms with van der Waals surface area (Å²) in [4.78, 5) is 5.71. The maximum absolute atomic E-state index is 5.70. The van der Waals surface area contributed by atoms with Gasteiger partial charge in [0.15, 0.2) is 0 Å². The van der Waals surface area contributed by atoms with Gasteiger partial charge in [0.1, 0.15) is 0 Å². The summed E-state index contributed by atoms with van der Waals surface area (Å²) in [6.07, 6.45) is 0. The van der Waals surface area contributed by atoms with Crippen LogP contribution in [0.25, 0.3) is 0 Å². The zero-order valence-electron chi connectivity index (χ0n) is 8.14. The first-order valence-electron chi connectivity index (χ1n) is 4.12. The van der Waals surface area contributed by atoms with E-state index >= 15 is 0 Å². The highest BCUT2D eigenvalue weighted by atomic mass is 32.1. The number of rotatable bonds is 2. The highest BCUT2D eigenvalue weighted by Crippen LogP contribution is 2.30. The molecule has 0 bridgehead atoms. The zero-order chi connectivity index (χ0) is 9.35. The molecule has 12 heavy (non-hydrogen) atoms. The summed E-state index contributed by atoms with van der Waals surface area (Å²) in [6, 6.07) is 0. The average molecular weight is 184 g/mol. The molecular weight excluding hydrogens is 168 g/mol. The minimum atomic E-state index is 0.0794. The van der Waals surface area contributed by atoms with E-state index in [1.807, 2.05) is 6.92 Å². The molecule has 0 aromatic carbocycles. The summed E-state index contributed by atoms with van der Waals surface area (Å²) < 4.78 is 0. The smallest absolute Gasteiger partial charge is 0.0900 e. The lowest BCUT2D eigenvalue weighted by atomic mass is 9.91. The van der Waals surface area contributed by atoms with Crippen molar-refractivity contribution < 1.29 is 0 Å². The van der Waals surface area contributed by atoms with Gasteiger partial charge >= 0.3 is 0 Å². The number of hydrogen-bond acceptors (Lipinski definition) is 3. The molecule has 2 nitrogen and oxygen atoms in total. The van der Waals surface area contributed by atoms with E-state index < -0.39 is 0 Å². The van der Waals surface area contributed by atoms with E-state index in [0.717, 1.165) is 10.7 Å². The molecule has 0 aliphatic rings. The van der Waals surface area contributed by atoms with Crippen LogP contribution in [0.4, 0.5) is 0 Å². The topological polar surface area (TPSA) is 38.9 Å². The lowest BCUT2D eigenvalue weighted by Crippen LogP contribution is -2.27. The van der Waals surface area contributed by atoms with Crippen LogP contribution in [0.2, 0.25) is 0 Å². The number of aromatic nitrogens is 1. The van der Waals surface area contributed by atoms with Gasteiger partial charge in [-0.3, -0.25) is 0 Å². The second-order valence-electron chi connectivity index (χ2n) is 3.74. The van der Waals surface area contributed by atoms with Crippen LogP contribution < -0.4 is 5.73 Å². The number of aryl methyl sites for hydroxylation is 2. The summed E-state index contributed by atoms with van der Waals surface area (Å²) in [5, 5.41) is 1.13. The predicted molar refractivity (Wildman–Crippen MR) is 53.7 cm³/mol. The molecular formula is C9H16N2S. The maximum atomic E-state index is 5.70. The molecule has 0 saturated heterocycles. The van der Waals surface area contributed by atoms with Crippen molar-refractivity contribution in [1.82, 2.24) is 4.98 Å². The first-order valence-corrected chi connectivity index (χ1v) is 4.93. The Morgan fingerprint density at radius 3 is 2.33 bits per heavy atom. The second kappa shape index (κ2) is 3.15. The Morgan fingerprint density at radius 2 is 2.00 bits per heavy atom. The van der Waals surface area contributed by atoms with E-state index in [9.17, 15) is 0 Å². The normalized spacial score (nSPS) is 12.1. The highest BCUT2D eigenvalue weighted by molar-refractivity contribution is 7.11. The van der Waals surface area contributed by atoms with Crippen LogP contribution >= 0.6 is 11.3 Å². The number of nitrogens with zero attached hydrogens (tertiary/aromatic N) is 1. The molecule has 1 rings (SSSR count). The summed E-state index contributed by atoms with van der Waals surface area (Å²) in [6.45, 7) is 9.08. The van der Waals surface area contributed by atoms with Crippen LogP contribution in [0.5, 0.6) is 0 Å². The van der Waals surface area contributed by atoms with Crippen molar-refractivity contribution in [2.75, 3.05) is 6.54 Å². The Bertz CT molecular complexity index is 276. The lowest BCUT2D eigenvalue weighted by molar-refractivity contribution is 0.546. The highest BCUT2D eigenvalue weighted by Gasteiger charge is 2.23. The van der Waals surface area contributed by atoms with E-state index in [0.29, 0.717) is 6.54 Å². The number of nitrogens with two attached hydrogens (primary N) is 1. The Balaban J connectivity index is 3.09. The van der Waals surface area contributed by atoms with Crippen molar-refractivity contribution >= 4 is 11.3 Å². The fourth-order valence-electron chi connectivity index (χ4n) is 1.25. The standard InChI is InChI=1S/C9H16N2S/c1-6-8(9(3,4)5-10)12-7(2)11-6/h5,10H2,1-4H3. The molecule has 0 amide bonds. The van der Waals surface area contributed by atoms with E-state index in [4.69, 9.17) is 5.73 Å². The van der Waals surface area contributed by atoms with Crippen LogP contribution in [-0.2, 0) is 5.41 Å². The Labute approximate surface area is 77.8 Å². The Morgan fingerprint density at radius 1 is 1.42 bits per heavy atom. The summed E-state index contributed by atoms with van der Waals surface area (Å²) in [7, 11) is 0. The molecule has 0 spiro atoms. The van der Waals surface area contributed by atoms with Crippen LogP contribution in [0, 0.1) is 13.8 Å². The molecule has 0 aliphatic heterocycles. The van der Waals surface area contributed by atoms with Gasteiger partial charge < -0.3 is 5.73 Å². The van der Waals surface area contributed by atoms with Crippen molar-refractivity contribution in [3.63, 3.8) is 0 Å². The van der Waals surface area contributed by atoms with Crippen molar-refractivity contribution in [3.05, 3.63) is 15.6 Å². The van der Waals surface area contributed by atoms with Gasteiger partial charge in [-0.1, -0.05) is 13.8 Å². The zero-order valence-corrected chi connectivity index (χ0v) is 8.96. The van der Waals surface area contributed by atoms with E-state index in [2.05, 4.69) is 25.8 Å². The minimum absolute atomic E-state index is 0.0794. The first-order chi connectivity index (χ1) is 5.47. The third kappa shape index (κ3) is 1.67. The molecule has 1 aromatic rings. The fraction of sp³-hybridized carbons (Fsp3) is 0.667. The molecule has 1 heterocycles. The molecule has 1 aromatic heterocycles. The third-order valence-electron chi connectivity index (χ3n) is 2.03. The van der Waals surface area contributed by atoms with Gasteiger partial charge in [-0.2, -0.15) is 0 Å². The van der Waals surface area contributed by atoms with Crippen LogP contribution in [0.1, 0.15) is 29.4 Å². The molecule has 68 valence electrons. The third-order valence-corrected chi connectivity index (χ3v) is 3.47. The second-order valence-corrected chi connectivity index (χ2v) is 4.94. The summed E-state index contributed by atoms with van der Waals surface area (Å²) in [5.41, 5.74) is 6.91. The SMILES string of the molecule is Cc1nc(C)c(C(C)(C)CN)s1. The van der Waals surface area contributed by atoms with Crippen LogP contribution in [0.3, 0.4) is 0 Å². The number of thiazole rings is 1. The molecule has 3 heteroatoms. The molecule has 0 fully saturated rings. The van der Waals surface area contributed by atoms with Gasteiger partial charge in [-0.15, -0.1) is 11.3 Å². The van der Waals surface area contributed by atoms with Crippen molar-refractivity contribution in [2.45, 2.75) is 33.1 Å². The van der Waals surface area contributed by atoms with Crippen molar-refractivity contribution in [1.29, 1.82) is 0 Å². The quantitative estimate of drug-likeness (QED) is 0.763. The van der Waals surface area contributed by atoms with Gasteiger partial charge in [0.25, 0.3) is 0 Å². The molecule has 2 N–H and O–H groups in total. The Hall–Kier alpha value is -0.410. The first kappa shape index (κ1) is 9.68. The van der Waals surface area contributed by atoms with Crippen LogP contribution in [0.15, 0.2) is 0 Å². The molecule has 0 unspecified atom stereocenters. The van der Waals surface area contributed by atoms with Gasteiger partial charge in [-0.05, 0) is 13.8 Å². The summed E-state index contributed by atoms with van der Waals surface area (Å²) >= 11 is 1.75. The molecule has 0 atom stereocenters.